The van der Waals surface area contributed by atoms with Crippen LogP contribution in [-0.4, -0.2) is 74.7 Å². The summed E-state index contributed by atoms with van der Waals surface area (Å²) >= 11 is 0. The Kier molecular flexibility index (Phi) is 23.5. The SMILES string of the molecule is c1ccc(-c2nc(-c3ccccc3)nc(-c3ccc(-n4c5ccccc5c5ccccc54)cc3)n2)cc1.c1ccc(-c2nc(-c3ccccc3)nc(-n3c4ccccc4c4cc(-c5ccc([Si](c6ccccc6)(c6ccccc6)c6ccccc6)cc5)ccc43)n2)cc1.c1ccc(-c2nc(-c3ccccc3)nc(-n3c4ccccc4c4cc([Si](c5ccccc5)(c5ccccc5)c5ccccc5)ccc43)n2)cc1. The molecule has 0 saturated carbocycles. The molecule has 14 heteroatoms. The third-order valence-corrected chi connectivity index (χ3v) is 36.7. The van der Waals surface area contributed by atoms with Gasteiger partial charge in [-0.25, -0.2) is 24.9 Å². The molecule has 0 amide bonds. The zero-order valence-electron chi connectivity index (χ0n) is 77.8. The molecule has 0 unspecified atom stereocenters. The summed E-state index contributed by atoms with van der Waals surface area (Å²) in [5.41, 5.74) is 16.6. The molecular weight excluding hydrogens is 1770 g/mol. The molecule has 12 nitrogen and oxygen atoms in total. The molecule has 0 atom stereocenters. The normalized spacial score (nSPS) is 11.5. The first-order valence-electron chi connectivity index (χ1n) is 48.1. The maximum absolute atomic E-state index is 5.14. The highest BCUT2D eigenvalue weighted by Crippen LogP contribution is 2.39. The Labute approximate surface area is 830 Å². The summed E-state index contributed by atoms with van der Waals surface area (Å²) in [7, 11) is -5.35. The molecule has 26 aromatic rings. The van der Waals surface area contributed by atoms with Crippen molar-refractivity contribution in [3.05, 3.63) is 546 Å². The number of fused-ring (bicyclic) bond motifs is 9. The van der Waals surface area contributed by atoms with Crippen molar-refractivity contribution >= 4 is 123 Å². The number of para-hydroxylation sites is 4. The number of rotatable bonds is 19. The maximum atomic E-state index is 5.14. The molecule has 0 radical (unpaired) electrons. The van der Waals surface area contributed by atoms with Crippen molar-refractivity contribution in [3.8, 4) is 108 Å². The Hall–Kier alpha value is -18.7. The second kappa shape index (κ2) is 38.7. The quantitative estimate of drug-likeness (QED) is 0.0573. The molecule has 143 heavy (non-hydrogen) atoms. The van der Waals surface area contributed by atoms with E-state index in [1.165, 1.54) is 74.2 Å². The lowest BCUT2D eigenvalue weighted by Gasteiger charge is -2.34. The third kappa shape index (κ3) is 16.5. The fourth-order valence-electron chi connectivity index (χ4n) is 20.5. The summed E-state index contributed by atoms with van der Waals surface area (Å²) in [5, 5.41) is 17.9. The number of benzene rings is 20. The van der Waals surface area contributed by atoms with E-state index in [0.29, 0.717) is 52.7 Å². The van der Waals surface area contributed by atoms with Gasteiger partial charge in [0.25, 0.3) is 0 Å². The molecule has 0 aliphatic carbocycles. The molecule has 0 bridgehead atoms. The largest absolute Gasteiger partial charge is 0.309 e. The monoisotopic (exact) mass is 1860 g/mol. The van der Waals surface area contributed by atoms with Gasteiger partial charge >= 0.3 is 0 Å². The van der Waals surface area contributed by atoms with E-state index >= 15 is 0 Å². The lowest BCUT2D eigenvalue weighted by molar-refractivity contribution is 0.953. The minimum absolute atomic E-state index is 0.588. The van der Waals surface area contributed by atoms with Crippen LogP contribution >= 0.6 is 0 Å². The minimum Gasteiger partial charge on any atom is -0.309 e. The van der Waals surface area contributed by atoms with Crippen LogP contribution in [-0.2, 0) is 0 Å². The number of aromatic nitrogens is 12. The van der Waals surface area contributed by atoms with Gasteiger partial charge < -0.3 is 4.57 Å². The number of hydrogen-bond donors (Lipinski definition) is 0. The summed E-state index contributed by atoms with van der Waals surface area (Å²) in [5.74, 6) is 5.71. The van der Waals surface area contributed by atoms with Crippen molar-refractivity contribution in [1.82, 2.24) is 58.6 Å². The topological polar surface area (TPSA) is 131 Å². The fourth-order valence-corrected chi connectivity index (χ4v) is 30.0. The van der Waals surface area contributed by atoms with Gasteiger partial charge in [-0.1, -0.05) is 479 Å². The Morgan fingerprint density at radius 1 is 0.126 bits per heavy atom. The van der Waals surface area contributed by atoms with Crippen LogP contribution in [0.15, 0.2) is 546 Å². The van der Waals surface area contributed by atoms with Gasteiger partial charge in [-0.05, 0) is 119 Å². The van der Waals surface area contributed by atoms with Gasteiger partial charge in [0.15, 0.2) is 56.9 Å². The van der Waals surface area contributed by atoms with E-state index in [1.807, 2.05) is 182 Å². The van der Waals surface area contributed by atoms with Gasteiger partial charge in [0.2, 0.25) is 11.9 Å². The van der Waals surface area contributed by atoms with Crippen LogP contribution in [0.4, 0.5) is 0 Å². The Bertz CT molecular complexity index is 8590. The standard InChI is InChI=1S/C51H36N4Si.C45H32N4Si.C33H22N4/c1-6-18-38(19-7-1)49-52-50(39-20-8-2-9-21-39)54-51(53-49)55-47-29-17-16-28-45(47)46-36-40(32-35-48(46)55)37-30-33-44(34-31-37)56(41-22-10-3-11-23-41,42-24-12-4-13-25-42)43-26-14-5-15-27-43;1-6-18-33(19-7-1)43-46-44(34-20-8-2-9-21-34)48-45(47-43)49-41-29-17-16-28-39(41)40-32-38(30-31-42(40)49)50(35-22-10-3-11-23-35,36-24-12-4-13-25-36)37-26-14-5-15-27-37;1-3-11-23(12-4-1)31-34-32(24-13-5-2-6-14-24)36-33(35-31)25-19-21-26(22-20-25)37-29-17-9-7-15-27(29)28-16-8-10-18-30(28)37/h1-36H;1-32H;1-22H. The summed E-state index contributed by atoms with van der Waals surface area (Å²) in [6.45, 7) is 0. The maximum Gasteiger partial charge on any atom is 0.238 e. The zero-order valence-corrected chi connectivity index (χ0v) is 79.8. The number of hydrogen-bond acceptors (Lipinski definition) is 9. The molecule has 674 valence electrons. The van der Waals surface area contributed by atoms with Crippen molar-refractivity contribution in [2.75, 3.05) is 0 Å². The average molecular weight is 1860 g/mol. The number of nitrogens with zero attached hydrogens (tertiary/aromatic N) is 12. The highest BCUT2D eigenvalue weighted by molar-refractivity contribution is 7.20. The Morgan fingerprint density at radius 2 is 0.322 bits per heavy atom. The first kappa shape index (κ1) is 87.1. The average Bonchev–Trinajstić information content (AvgIpc) is 1.64. The Morgan fingerprint density at radius 3 is 0.622 bits per heavy atom. The second-order valence-corrected chi connectivity index (χ2v) is 43.0. The second-order valence-electron chi connectivity index (χ2n) is 35.4. The molecule has 0 fully saturated rings. The Balaban J connectivity index is 0.000000118. The van der Waals surface area contributed by atoms with Gasteiger partial charge in [-0.15, -0.1) is 0 Å². The smallest absolute Gasteiger partial charge is 0.238 e. The molecule has 20 aromatic carbocycles. The molecule has 0 spiro atoms. The van der Waals surface area contributed by atoms with Crippen LogP contribution in [0.5, 0.6) is 0 Å². The van der Waals surface area contributed by atoms with Gasteiger partial charge in [0.1, 0.15) is 0 Å². The van der Waals surface area contributed by atoms with E-state index in [0.717, 1.165) is 88.4 Å². The molecule has 6 heterocycles. The summed E-state index contributed by atoms with van der Waals surface area (Å²) in [6, 6.07) is 193. The van der Waals surface area contributed by atoms with Crippen molar-refractivity contribution in [1.29, 1.82) is 0 Å². The fraction of sp³-hybridized carbons (Fsp3) is 0. The molecule has 6 aromatic heterocycles. The third-order valence-electron chi connectivity index (χ3n) is 27.1. The van der Waals surface area contributed by atoms with E-state index < -0.39 is 16.1 Å². The first-order chi connectivity index (χ1) is 70.9. The highest BCUT2D eigenvalue weighted by Gasteiger charge is 2.43. The molecule has 0 aliphatic rings. The molecule has 26 rings (SSSR count). The minimum atomic E-state index is -2.73. The van der Waals surface area contributed by atoms with Gasteiger partial charge in [-0.2, -0.15) is 19.9 Å². The van der Waals surface area contributed by atoms with Crippen molar-refractivity contribution < 1.29 is 0 Å². The predicted octanol–water partition coefficient (Wildman–Crippen LogP) is 25.0. The lowest BCUT2D eigenvalue weighted by Crippen LogP contribution is -2.74. The van der Waals surface area contributed by atoms with E-state index in [4.69, 9.17) is 44.9 Å². The van der Waals surface area contributed by atoms with Crippen LogP contribution in [0, 0.1) is 0 Å². The van der Waals surface area contributed by atoms with Crippen LogP contribution < -0.4 is 41.5 Å². The van der Waals surface area contributed by atoms with Crippen LogP contribution in [0.25, 0.3) is 174 Å². The molecular formula is C129H90N12Si2. The van der Waals surface area contributed by atoms with Crippen molar-refractivity contribution in [2.45, 2.75) is 0 Å². The zero-order chi connectivity index (χ0) is 95.3. The van der Waals surface area contributed by atoms with E-state index in [2.05, 4.69) is 378 Å². The lowest BCUT2D eigenvalue weighted by atomic mass is 10.0. The van der Waals surface area contributed by atoms with Crippen molar-refractivity contribution in [2.24, 2.45) is 0 Å². The van der Waals surface area contributed by atoms with E-state index in [1.54, 1.807) is 0 Å². The molecule has 0 saturated heterocycles. The van der Waals surface area contributed by atoms with E-state index in [9.17, 15) is 0 Å². The van der Waals surface area contributed by atoms with Crippen LogP contribution in [0.2, 0.25) is 0 Å². The van der Waals surface area contributed by atoms with Gasteiger partial charge in [0.05, 0.1) is 33.1 Å². The van der Waals surface area contributed by atoms with Gasteiger partial charge in [-0.3, -0.25) is 9.13 Å². The first-order valence-corrected chi connectivity index (χ1v) is 52.1. The van der Waals surface area contributed by atoms with Crippen molar-refractivity contribution in [3.63, 3.8) is 0 Å². The van der Waals surface area contributed by atoms with Gasteiger partial charge in [0, 0.05) is 76.9 Å². The summed E-state index contributed by atoms with van der Waals surface area (Å²) < 4.78 is 6.69. The summed E-state index contributed by atoms with van der Waals surface area (Å²) in [4.78, 5) is 44.9. The summed E-state index contributed by atoms with van der Waals surface area (Å²) in [6.07, 6.45) is 0. The van der Waals surface area contributed by atoms with Crippen LogP contribution in [0.3, 0.4) is 0 Å². The molecule has 0 N–H and O–H groups in total. The van der Waals surface area contributed by atoms with E-state index in [-0.39, 0.29) is 0 Å². The predicted molar refractivity (Wildman–Crippen MR) is 593 cm³/mol. The van der Waals surface area contributed by atoms with Crippen LogP contribution in [0.1, 0.15) is 0 Å². The molecule has 0 aliphatic heterocycles. The highest BCUT2D eigenvalue weighted by atomic mass is 28.3.